The Bertz CT molecular complexity index is 1230. The van der Waals surface area contributed by atoms with Crippen LogP contribution in [0, 0.1) is 0 Å². The van der Waals surface area contributed by atoms with Crippen LogP contribution in [0.1, 0.15) is 41.1 Å². The van der Waals surface area contributed by atoms with Gasteiger partial charge in [0, 0.05) is 56.4 Å². The van der Waals surface area contributed by atoms with E-state index in [2.05, 4.69) is 9.55 Å². The van der Waals surface area contributed by atoms with Gasteiger partial charge in [0.25, 0.3) is 5.91 Å². The summed E-state index contributed by atoms with van der Waals surface area (Å²) in [6.45, 7) is 3.16. The fourth-order valence-electron chi connectivity index (χ4n) is 5.55. The maximum atomic E-state index is 13.5. The topological polar surface area (TPSA) is 87.9 Å². The lowest BCUT2D eigenvalue weighted by Gasteiger charge is -2.56. The Hall–Kier alpha value is -3.39. The molecule has 0 radical (unpaired) electrons. The lowest BCUT2D eigenvalue weighted by Crippen LogP contribution is -2.68. The van der Waals surface area contributed by atoms with Gasteiger partial charge in [0.15, 0.2) is 0 Å². The van der Waals surface area contributed by atoms with Crippen molar-refractivity contribution in [2.45, 2.75) is 24.8 Å². The maximum absolute atomic E-state index is 13.5. The molecule has 1 atom stereocenters. The molecule has 5 rings (SSSR count). The van der Waals surface area contributed by atoms with Crippen LogP contribution in [0.25, 0.3) is 10.9 Å². The highest BCUT2D eigenvalue weighted by molar-refractivity contribution is 5.95. The number of benzene rings is 1. The summed E-state index contributed by atoms with van der Waals surface area (Å²) in [6.07, 6.45) is 2.05. The number of amides is 2. The molecule has 0 unspecified atom stereocenters. The summed E-state index contributed by atoms with van der Waals surface area (Å²) in [5.74, 6) is 0.631. The molecule has 1 N–H and O–H groups in total. The van der Waals surface area contributed by atoms with E-state index in [1.54, 1.807) is 36.4 Å². The van der Waals surface area contributed by atoms with Gasteiger partial charge in [-0.25, -0.2) is 0 Å². The lowest BCUT2D eigenvalue weighted by atomic mass is 9.68. The van der Waals surface area contributed by atoms with E-state index in [1.165, 1.54) is 0 Å². The van der Waals surface area contributed by atoms with Crippen LogP contribution in [-0.4, -0.2) is 69.6 Å². The first-order valence-corrected chi connectivity index (χ1v) is 11.2. The van der Waals surface area contributed by atoms with Crippen molar-refractivity contribution in [3.63, 3.8) is 0 Å². The number of aliphatic hydroxyl groups excluding tert-OH is 1. The van der Waals surface area contributed by atoms with Crippen LogP contribution in [0.3, 0.4) is 0 Å². The molecular formula is C25H28N4O4. The van der Waals surface area contributed by atoms with Gasteiger partial charge < -0.3 is 24.2 Å². The predicted molar refractivity (Wildman–Crippen MR) is 123 cm³/mol. The number of carbonyl (C=O) groups excluding carboxylic acids is 2. The fourth-order valence-corrected chi connectivity index (χ4v) is 5.55. The Balaban J connectivity index is 1.69. The van der Waals surface area contributed by atoms with Gasteiger partial charge in [0.1, 0.15) is 11.4 Å². The minimum Gasteiger partial charge on any atom is -0.497 e. The molecule has 1 saturated heterocycles. The lowest BCUT2D eigenvalue weighted by molar-refractivity contribution is -0.139. The molecule has 3 aromatic rings. The number of ether oxygens (including phenoxy) is 1. The van der Waals surface area contributed by atoms with Crippen molar-refractivity contribution in [1.82, 2.24) is 19.4 Å². The molecule has 2 aromatic heterocycles. The number of likely N-dealkylation sites (tertiary alicyclic amines) is 1. The van der Waals surface area contributed by atoms with Crippen molar-refractivity contribution in [2.75, 3.05) is 33.4 Å². The second-order valence-electron chi connectivity index (χ2n) is 8.93. The molecule has 2 aliphatic heterocycles. The molecule has 1 spiro atoms. The highest BCUT2D eigenvalue weighted by Crippen LogP contribution is 2.50. The summed E-state index contributed by atoms with van der Waals surface area (Å²) in [6, 6.07) is 10.7. The first kappa shape index (κ1) is 21.5. The van der Waals surface area contributed by atoms with Gasteiger partial charge in [0.2, 0.25) is 5.91 Å². The van der Waals surface area contributed by atoms with Crippen LogP contribution in [-0.2, 0) is 17.3 Å². The van der Waals surface area contributed by atoms with Gasteiger partial charge in [-0.1, -0.05) is 13.0 Å². The minimum absolute atomic E-state index is 0.107. The molecule has 172 valence electrons. The number of aliphatic hydroxyl groups is 1. The molecule has 1 aromatic carbocycles. The summed E-state index contributed by atoms with van der Waals surface area (Å²) < 4.78 is 7.50. The van der Waals surface area contributed by atoms with Crippen molar-refractivity contribution >= 4 is 22.7 Å². The molecule has 33 heavy (non-hydrogen) atoms. The number of aryl methyl sites for hydroxylation is 1. The Kier molecular flexibility index (Phi) is 5.12. The number of hydrogen-bond acceptors (Lipinski definition) is 5. The predicted octanol–water partition coefficient (Wildman–Crippen LogP) is 2.26. The molecule has 2 amide bonds. The Morgan fingerprint density at radius 2 is 2.00 bits per heavy atom. The third kappa shape index (κ3) is 3.12. The van der Waals surface area contributed by atoms with Crippen molar-refractivity contribution in [3.05, 3.63) is 59.5 Å². The first-order valence-electron chi connectivity index (χ1n) is 11.2. The van der Waals surface area contributed by atoms with Gasteiger partial charge >= 0.3 is 0 Å². The Morgan fingerprint density at radius 3 is 2.64 bits per heavy atom. The molecule has 0 saturated carbocycles. The van der Waals surface area contributed by atoms with Crippen molar-refractivity contribution in [1.29, 1.82) is 0 Å². The van der Waals surface area contributed by atoms with Crippen molar-refractivity contribution in [3.8, 4) is 5.75 Å². The number of pyridine rings is 1. The third-order valence-electron chi connectivity index (χ3n) is 7.11. The quantitative estimate of drug-likeness (QED) is 0.662. The number of rotatable bonds is 4. The van der Waals surface area contributed by atoms with Gasteiger partial charge in [0.05, 0.1) is 30.7 Å². The number of hydrogen-bond donors (Lipinski definition) is 1. The van der Waals surface area contributed by atoms with Crippen LogP contribution < -0.4 is 4.74 Å². The normalized spacial score (nSPS) is 18.8. The molecule has 2 aliphatic rings. The smallest absolute Gasteiger partial charge is 0.273 e. The maximum Gasteiger partial charge on any atom is 0.273 e. The van der Waals surface area contributed by atoms with Crippen LogP contribution in [0.5, 0.6) is 5.75 Å². The summed E-state index contributed by atoms with van der Waals surface area (Å²) in [5.41, 5.74) is 2.94. The number of methoxy groups -OCH3 is 1. The van der Waals surface area contributed by atoms with Crippen molar-refractivity contribution in [2.24, 2.45) is 7.05 Å². The molecule has 1 fully saturated rings. The third-order valence-corrected chi connectivity index (χ3v) is 7.11. The van der Waals surface area contributed by atoms with Crippen LogP contribution in [0.4, 0.5) is 0 Å². The zero-order valence-corrected chi connectivity index (χ0v) is 19.1. The van der Waals surface area contributed by atoms with E-state index < -0.39 is 11.5 Å². The monoisotopic (exact) mass is 448 g/mol. The minimum atomic E-state index is -0.514. The van der Waals surface area contributed by atoms with Gasteiger partial charge in [-0.05, 0) is 29.8 Å². The Labute approximate surface area is 192 Å². The van der Waals surface area contributed by atoms with Gasteiger partial charge in [-0.3, -0.25) is 14.6 Å². The molecule has 4 heterocycles. The number of carbonyl (C=O) groups is 2. The van der Waals surface area contributed by atoms with E-state index in [4.69, 9.17) is 4.74 Å². The zero-order chi connectivity index (χ0) is 23.3. The van der Waals surface area contributed by atoms with E-state index in [0.29, 0.717) is 31.7 Å². The summed E-state index contributed by atoms with van der Waals surface area (Å²) in [7, 11) is 3.59. The number of nitrogens with zero attached hydrogens (tertiary/aromatic N) is 4. The standard InChI is InChI=1S/C25H28N4O4/c1-4-21(31)28-13-25(14-28)15-29(24(32)18-7-5-6-10-26-18)20(12-30)23-22(25)17-9-8-16(33-3)11-19(17)27(23)2/h5-11,20,30H,4,12-15H2,1-3H3/t20-/m1/s1. The number of aromatic nitrogens is 2. The summed E-state index contributed by atoms with van der Waals surface area (Å²) in [5, 5.41) is 11.5. The molecule has 0 aliphatic carbocycles. The Morgan fingerprint density at radius 1 is 1.21 bits per heavy atom. The molecule has 0 bridgehead atoms. The largest absolute Gasteiger partial charge is 0.497 e. The average molecular weight is 449 g/mol. The molecular weight excluding hydrogens is 420 g/mol. The van der Waals surface area contributed by atoms with Crippen LogP contribution >= 0.6 is 0 Å². The zero-order valence-electron chi connectivity index (χ0n) is 19.1. The first-order chi connectivity index (χ1) is 15.9. The highest BCUT2D eigenvalue weighted by atomic mass is 16.5. The van der Waals surface area contributed by atoms with Gasteiger partial charge in [-0.15, -0.1) is 0 Å². The van der Waals surface area contributed by atoms with E-state index >= 15 is 0 Å². The molecule has 8 heteroatoms. The second kappa shape index (κ2) is 7.88. The summed E-state index contributed by atoms with van der Waals surface area (Å²) in [4.78, 5) is 33.8. The molecule has 8 nitrogen and oxygen atoms in total. The van der Waals surface area contributed by atoms with E-state index in [9.17, 15) is 14.7 Å². The fraction of sp³-hybridized carbons (Fsp3) is 0.400. The summed E-state index contributed by atoms with van der Waals surface area (Å²) >= 11 is 0. The van der Waals surface area contributed by atoms with E-state index in [-0.39, 0.29) is 18.4 Å². The SMILES string of the molecule is CCC(=O)N1CC2(C1)CN(C(=O)c1ccccn1)[C@H](CO)c1c2c2ccc(OC)cc2n1C. The van der Waals surface area contributed by atoms with Gasteiger partial charge in [-0.2, -0.15) is 0 Å². The average Bonchev–Trinajstić information content (AvgIpc) is 3.13. The van der Waals surface area contributed by atoms with E-state index in [0.717, 1.165) is 27.9 Å². The highest BCUT2D eigenvalue weighted by Gasteiger charge is 2.55. The van der Waals surface area contributed by atoms with Crippen molar-refractivity contribution < 1.29 is 19.4 Å². The van der Waals surface area contributed by atoms with E-state index in [1.807, 2.05) is 37.1 Å². The van der Waals surface area contributed by atoms with Crippen LogP contribution in [0.15, 0.2) is 42.6 Å². The second-order valence-corrected chi connectivity index (χ2v) is 8.93. The number of fused-ring (bicyclic) bond motifs is 4. The van der Waals surface area contributed by atoms with Crippen LogP contribution in [0.2, 0.25) is 0 Å².